The normalized spacial score (nSPS) is 11.0. The van der Waals surface area contributed by atoms with Gasteiger partial charge in [0.2, 0.25) is 0 Å². The third kappa shape index (κ3) is 4.19. The van der Waals surface area contributed by atoms with Gasteiger partial charge in [0.25, 0.3) is 0 Å². The molecular formula is C13H23N3. The van der Waals surface area contributed by atoms with E-state index in [1.165, 1.54) is 5.56 Å². The number of aryl methyl sites for hydroxylation is 2. The van der Waals surface area contributed by atoms with Crippen molar-refractivity contribution in [2.75, 3.05) is 0 Å². The van der Waals surface area contributed by atoms with Gasteiger partial charge >= 0.3 is 0 Å². The van der Waals surface area contributed by atoms with Crippen molar-refractivity contribution in [1.29, 1.82) is 0 Å². The van der Waals surface area contributed by atoms with Crippen LogP contribution in [0.1, 0.15) is 37.9 Å². The molecule has 1 aromatic rings. The summed E-state index contributed by atoms with van der Waals surface area (Å²) in [6, 6.07) is 0.517. The van der Waals surface area contributed by atoms with E-state index in [4.69, 9.17) is 0 Å². The van der Waals surface area contributed by atoms with E-state index >= 15 is 0 Å². The molecule has 1 heterocycles. The van der Waals surface area contributed by atoms with Crippen LogP contribution in [0.4, 0.5) is 0 Å². The van der Waals surface area contributed by atoms with Crippen LogP contribution in [0.15, 0.2) is 18.9 Å². The van der Waals surface area contributed by atoms with E-state index < -0.39 is 0 Å². The summed E-state index contributed by atoms with van der Waals surface area (Å²) in [7, 11) is 0. The topological polar surface area (TPSA) is 29.9 Å². The second-order valence-electron chi connectivity index (χ2n) is 4.47. The Bertz CT molecular complexity index is 326. The van der Waals surface area contributed by atoms with Crippen LogP contribution in [0.2, 0.25) is 0 Å². The van der Waals surface area contributed by atoms with Crippen molar-refractivity contribution in [2.24, 2.45) is 0 Å². The lowest BCUT2D eigenvalue weighted by atomic mass is 10.2. The van der Waals surface area contributed by atoms with Gasteiger partial charge in [-0.1, -0.05) is 19.9 Å². The van der Waals surface area contributed by atoms with Crippen LogP contribution in [-0.4, -0.2) is 15.8 Å². The molecule has 0 unspecified atom stereocenters. The standard InChI is InChI=1S/C13H23N3/c1-5-6-7-8-16-10-13(12(4)15-16)9-14-11(2)3/h5,10-11,14H,1,6-9H2,2-4H3. The summed E-state index contributed by atoms with van der Waals surface area (Å²) < 4.78 is 2.04. The van der Waals surface area contributed by atoms with Gasteiger partial charge in [0, 0.05) is 30.9 Å². The molecule has 0 fully saturated rings. The predicted molar refractivity (Wildman–Crippen MR) is 68.4 cm³/mol. The second kappa shape index (κ2) is 6.48. The highest BCUT2D eigenvalue weighted by Gasteiger charge is 2.04. The molecule has 0 amide bonds. The molecule has 0 spiro atoms. The fourth-order valence-electron chi connectivity index (χ4n) is 1.56. The maximum atomic E-state index is 4.50. The molecule has 1 aromatic heterocycles. The van der Waals surface area contributed by atoms with E-state index in [1.54, 1.807) is 0 Å². The van der Waals surface area contributed by atoms with Gasteiger partial charge in [-0.3, -0.25) is 4.68 Å². The summed E-state index contributed by atoms with van der Waals surface area (Å²) in [6.45, 7) is 12.0. The first-order valence-corrected chi connectivity index (χ1v) is 6.00. The van der Waals surface area contributed by atoms with Gasteiger partial charge in [0.1, 0.15) is 0 Å². The van der Waals surface area contributed by atoms with Gasteiger partial charge < -0.3 is 5.32 Å². The third-order valence-electron chi connectivity index (χ3n) is 2.54. The first kappa shape index (κ1) is 13.0. The number of nitrogens with zero attached hydrogens (tertiary/aromatic N) is 2. The Labute approximate surface area is 98.5 Å². The van der Waals surface area contributed by atoms with Gasteiger partial charge in [0.05, 0.1) is 5.69 Å². The molecule has 0 aliphatic rings. The van der Waals surface area contributed by atoms with Crippen LogP contribution in [-0.2, 0) is 13.1 Å². The number of hydrogen-bond donors (Lipinski definition) is 1. The molecule has 0 radical (unpaired) electrons. The zero-order valence-corrected chi connectivity index (χ0v) is 10.7. The van der Waals surface area contributed by atoms with Crippen molar-refractivity contribution in [3.8, 4) is 0 Å². The Morgan fingerprint density at radius 1 is 1.56 bits per heavy atom. The molecule has 1 N–H and O–H groups in total. The van der Waals surface area contributed by atoms with Gasteiger partial charge in [-0.2, -0.15) is 5.10 Å². The molecule has 3 nitrogen and oxygen atoms in total. The minimum absolute atomic E-state index is 0.517. The van der Waals surface area contributed by atoms with Crippen molar-refractivity contribution in [1.82, 2.24) is 15.1 Å². The van der Waals surface area contributed by atoms with Crippen LogP contribution < -0.4 is 5.32 Å². The Morgan fingerprint density at radius 3 is 2.94 bits per heavy atom. The Balaban J connectivity index is 2.48. The lowest BCUT2D eigenvalue weighted by molar-refractivity contribution is 0.575. The molecule has 0 aliphatic carbocycles. The highest BCUT2D eigenvalue weighted by molar-refractivity contribution is 5.15. The summed E-state index contributed by atoms with van der Waals surface area (Å²) in [6.07, 6.45) is 6.27. The van der Waals surface area contributed by atoms with E-state index in [9.17, 15) is 0 Å². The summed E-state index contributed by atoms with van der Waals surface area (Å²) in [5, 5.41) is 7.92. The largest absolute Gasteiger partial charge is 0.310 e. The molecular weight excluding hydrogens is 198 g/mol. The monoisotopic (exact) mass is 221 g/mol. The number of aromatic nitrogens is 2. The average molecular weight is 221 g/mol. The lowest BCUT2D eigenvalue weighted by Gasteiger charge is -2.06. The molecule has 0 aliphatic heterocycles. The van der Waals surface area contributed by atoms with Crippen LogP contribution in [0.3, 0.4) is 0 Å². The number of allylic oxidation sites excluding steroid dienone is 1. The van der Waals surface area contributed by atoms with Crippen molar-refractivity contribution in [3.05, 3.63) is 30.1 Å². The molecule has 0 aromatic carbocycles. The molecule has 1 rings (SSSR count). The van der Waals surface area contributed by atoms with Crippen LogP contribution in [0.5, 0.6) is 0 Å². The van der Waals surface area contributed by atoms with E-state index in [0.29, 0.717) is 6.04 Å². The molecule has 16 heavy (non-hydrogen) atoms. The quantitative estimate of drug-likeness (QED) is 0.566. The summed E-state index contributed by atoms with van der Waals surface area (Å²) >= 11 is 0. The Morgan fingerprint density at radius 2 is 2.31 bits per heavy atom. The predicted octanol–water partition coefficient (Wildman–Crippen LogP) is 2.66. The highest BCUT2D eigenvalue weighted by atomic mass is 15.3. The van der Waals surface area contributed by atoms with Crippen LogP contribution >= 0.6 is 0 Å². The number of hydrogen-bond acceptors (Lipinski definition) is 2. The number of nitrogens with one attached hydrogen (secondary N) is 1. The summed E-state index contributed by atoms with van der Waals surface area (Å²) in [5.41, 5.74) is 2.43. The van der Waals surface area contributed by atoms with E-state index in [1.807, 2.05) is 10.8 Å². The Kier molecular flexibility index (Phi) is 5.26. The van der Waals surface area contributed by atoms with Gasteiger partial charge in [0.15, 0.2) is 0 Å². The third-order valence-corrected chi connectivity index (χ3v) is 2.54. The first-order valence-electron chi connectivity index (χ1n) is 6.00. The minimum atomic E-state index is 0.517. The average Bonchev–Trinajstić information content (AvgIpc) is 2.57. The van der Waals surface area contributed by atoms with Gasteiger partial charge in [-0.15, -0.1) is 6.58 Å². The maximum absolute atomic E-state index is 4.50. The molecule has 0 atom stereocenters. The van der Waals surface area contributed by atoms with Crippen molar-refractivity contribution >= 4 is 0 Å². The Hall–Kier alpha value is -1.09. The van der Waals surface area contributed by atoms with Gasteiger partial charge in [-0.05, 0) is 19.8 Å². The molecule has 0 bridgehead atoms. The molecule has 0 saturated heterocycles. The van der Waals surface area contributed by atoms with Crippen LogP contribution in [0, 0.1) is 6.92 Å². The van der Waals surface area contributed by atoms with Crippen molar-refractivity contribution in [2.45, 2.75) is 52.7 Å². The fraction of sp³-hybridized carbons (Fsp3) is 0.615. The summed E-state index contributed by atoms with van der Waals surface area (Å²) in [4.78, 5) is 0. The van der Waals surface area contributed by atoms with Crippen molar-refractivity contribution < 1.29 is 0 Å². The van der Waals surface area contributed by atoms with Crippen LogP contribution in [0.25, 0.3) is 0 Å². The van der Waals surface area contributed by atoms with Crippen molar-refractivity contribution in [3.63, 3.8) is 0 Å². The number of unbranched alkanes of at least 4 members (excludes halogenated alkanes) is 1. The summed E-state index contributed by atoms with van der Waals surface area (Å²) in [5.74, 6) is 0. The minimum Gasteiger partial charge on any atom is -0.310 e. The number of rotatable bonds is 7. The smallest absolute Gasteiger partial charge is 0.0638 e. The first-order chi connectivity index (χ1) is 7.63. The van der Waals surface area contributed by atoms with Gasteiger partial charge in [-0.25, -0.2) is 0 Å². The second-order valence-corrected chi connectivity index (χ2v) is 4.47. The molecule has 0 saturated carbocycles. The zero-order valence-electron chi connectivity index (χ0n) is 10.7. The van der Waals surface area contributed by atoms with E-state index in [-0.39, 0.29) is 0 Å². The maximum Gasteiger partial charge on any atom is 0.0638 e. The SMILES string of the molecule is C=CCCCn1cc(CNC(C)C)c(C)n1. The fourth-order valence-corrected chi connectivity index (χ4v) is 1.56. The molecule has 3 heteroatoms. The van der Waals surface area contributed by atoms with E-state index in [0.717, 1.165) is 31.6 Å². The molecule has 90 valence electrons. The highest BCUT2D eigenvalue weighted by Crippen LogP contribution is 2.06. The zero-order chi connectivity index (χ0) is 12.0. The van der Waals surface area contributed by atoms with E-state index in [2.05, 4.69) is 44.0 Å². The lowest BCUT2D eigenvalue weighted by Crippen LogP contribution is -2.21.